The highest BCUT2D eigenvalue weighted by Crippen LogP contribution is 2.15. The standard InChI is InChI=1S/C14H13N3O2S/c1-10-9-20-14(16-10)17-13(19)12-6-5-11(8-15-12)4-2-3-7-18/h5-6,8-9,18H,3,7H2,1H3,(H,16,17,19). The number of nitrogens with one attached hydrogen (secondary N) is 1. The van der Waals surface area contributed by atoms with Crippen molar-refractivity contribution in [3.63, 3.8) is 0 Å². The maximum atomic E-state index is 11.9. The van der Waals surface area contributed by atoms with E-state index in [1.165, 1.54) is 17.5 Å². The lowest BCUT2D eigenvalue weighted by Crippen LogP contribution is -2.13. The molecule has 0 spiro atoms. The molecule has 0 aliphatic rings. The average Bonchev–Trinajstić information content (AvgIpc) is 2.85. The number of aryl methyl sites for hydroxylation is 1. The number of thiazole rings is 1. The van der Waals surface area contributed by atoms with E-state index in [0.717, 1.165) is 5.69 Å². The molecule has 0 bridgehead atoms. The first-order valence-electron chi connectivity index (χ1n) is 5.98. The van der Waals surface area contributed by atoms with Gasteiger partial charge in [0.05, 0.1) is 12.3 Å². The quantitative estimate of drug-likeness (QED) is 0.845. The Morgan fingerprint density at radius 3 is 2.95 bits per heavy atom. The van der Waals surface area contributed by atoms with Gasteiger partial charge in [0.15, 0.2) is 5.13 Å². The number of rotatable bonds is 3. The van der Waals surface area contributed by atoms with Crippen LogP contribution in [0.2, 0.25) is 0 Å². The van der Waals surface area contributed by atoms with Crippen LogP contribution >= 0.6 is 11.3 Å². The van der Waals surface area contributed by atoms with Crippen molar-refractivity contribution in [2.45, 2.75) is 13.3 Å². The lowest BCUT2D eigenvalue weighted by atomic mass is 10.2. The fraction of sp³-hybridized carbons (Fsp3) is 0.214. The van der Waals surface area contributed by atoms with Gasteiger partial charge in [-0.25, -0.2) is 9.97 Å². The SMILES string of the molecule is Cc1csc(NC(=O)c2ccc(C#CCCO)cn2)n1. The van der Waals surface area contributed by atoms with Crippen molar-refractivity contribution in [1.82, 2.24) is 9.97 Å². The van der Waals surface area contributed by atoms with E-state index in [0.29, 0.717) is 22.8 Å². The number of nitrogens with zero attached hydrogens (tertiary/aromatic N) is 2. The molecule has 0 aliphatic carbocycles. The Hall–Kier alpha value is -2.23. The van der Waals surface area contributed by atoms with Gasteiger partial charge in [-0.05, 0) is 19.1 Å². The van der Waals surface area contributed by atoms with Crippen molar-refractivity contribution < 1.29 is 9.90 Å². The van der Waals surface area contributed by atoms with Crippen molar-refractivity contribution in [3.05, 3.63) is 40.7 Å². The van der Waals surface area contributed by atoms with Gasteiger partial charge >= 0.3 is 0 Å². The number of aromatic nitrogens is 2. The maximum Gasteiger partial charge on any atom is 0.276 e. The Morgan fingerprint density at radius 2 is 2.35 bits per heavy atom. The maximum absolute atomic E-state index is 11.9. The van der Waals surface area contributed by atoms with Crippen molar-refractivity contribution >= 4 is 22.4 Å². The average molecular weight is 287 g/mol. The predicted octanol–water partition coefficient (Wildman–Crippen LogP) is 1.83. The summed E-state index contributed by atoms with van der Waals surface area (Å²) in [5.41, 5.74) is 1.89. The summed E-state index contributed by atoms with van der Waals surface area (Å²) in [6, 6.07) is 3.33. The number of carbonyl (C=O) groups is 1. The molecular formula is C14H13N3O2S. The van der Waals surface area contributed by atoms with Gasteiger partial charge in [-0.2, -0.15) is 0 Å². The van der Waals surface area contributed by atoms with Gasteiger partial charge in [-0.15, -0.1) is 11.3 Å². The van der Waals surface area contributed by atoms with Crippen LogP contribution in [0.3, 0.4) is 0 Å². The smallest absolute Gasteiger partial charge is 0.276 e. The molecule has 0 aromatic carbocycles. The fourth-order valence-electron chi connectivity index (χ4n) is 1.40. The first-order valence-corrected chi connectivity index (χ1v) is 6.86. The second-order valence-corrected chi connectivity index (χ2v) is 4.81. The predicted molar refractivity (Wildman–Crippen MR) is 77.6 cm³/mol. The number of aliphatic hydroxyl groups excluding tert-OH is 1. The lowest BCUT2D eigenvalue weighted by molar-refractivity contribution is 0.102. The molecule has 0 radical (unpaired) electrons. The molecule has 2 heterocycles. The summed E-state index contributed by atoms with van der Waals surface area (Å²) in [6.07, 6.45) is 1.96. The Bertz CT molecular complexity index is 653. The molecule has 102 valence electrons. The summed E-state index contributed by atoms with van der Waals surface area (Å²) in [4.78, 5) is 20.1. The largest absolute Gasteiger partial charge is 0.395 e. The zero-order valence-electron chi connectivity index (χ0n) is 10.9. The second-order valence-electron chi connectivity index (χ2n) is 3.96. The van der Waals surface area contributed by atoms with Crippen molar-refractivity contribution in [1.29, 1.82) is 0 Å². The van der Waals surface area contributed by atoms with Crippen LogP contribution in [0.4, 0.5) is 5.13 Å². The number of anilines is 1. The van der Waals surface area contributed by atoms with Gasteiger partial charge in [-0.3, -0.25) is 10.1 Å². The van der Waals surface area contributed by atoms with E-state index in [-0.39, 0.29) is 12.5 Å². The van der Waals surface area contributed by atoms with E-state index in [9.17, 15) is 4.79 Å². The third-order valence-corrected chi connectivity index (χ3v) is 3.18. The normalized spacial score (nSPS) is 9.70. The third-order valence-electron chi connectivity index (χ3n) is 2.31. The molecule has 2 aromatic rings. The molecule has 0 saturated heterocycles. The summed E-state index contributed by atoms with van der Waals surface area (Å²) in [5.74, 6) is 5.35. The van der Waals surface area contributed by atoms with Crippen molar-refractivity contribution in [2.24, 2.45) is 0 Å². The molecular weight excluding hydrogens is 274 g/mol. The molecule has 0 fully saturated rings. The second kappa shape index (κ2) is 6.80. The van der Waals surface area contributed by atoms with E-state index in [4.69, 9.17) is 5.11 Å². The number of hydrogen-bond acceptors (Lipinski definition) is 5. The molecule has 0 atom stereocenters. The highest BCUT2D eigenvalue weighted by atomic mass is 32.1. The molecule has 6 heteroatoms. The van der Waals surface area contributed by atoms with Gasteiger partial charge in [0.2, 0.25) is 0 Å². The van der Waals surface area contributed by atoms with E-state index < -0.39 is 0 Å². The van der Waals surface area contributed by atoms with Crippen LogP contribution < -0.4 is 5.32 Å². The molecule has 20 heavy (non-hydrogen) atoms. The minimum absolute atomic E-state index is 0.0359. The Balaban J connectivity index is 2.02. The first-order chi connectivity index (χ1) is 9.69. The minimum Gasteiger partial charge on any atom is -0.395 e. The molecule has 2 aromatic heterocycles. The summed E-state index contributed by atoms with van der Waals surface area (Å²) < 4.78 is 0. The summed E-state index contributed by atoms with van der Waals surface area (Å²) in [6.45, 7) is 1.90. The van der Waals surface area contributed by atoms with Gasteiger partial charge in [-0.1, -0.05) is 11.8 Å². The van der Waals surface area contributed by atoms with Crippen LogP contribution in [0.5, 0.6) is 0 Å². The van der Waals surface area contributed by atoms with Crippen LogP contribution in [0.1, 0.15) is 28.2 Å². The van der Waals surface area contributed by atoms with Crippen LogP contribution in [0, 0.1) is 18.8 Å². The Labute approximate surface area is 120 Å². The monoisotopic (exact) mass is 287 g/mol. The number of carbonyl (C=O) groups excluding carboxylic acids is 1. The molecule has 2 rings (SSSR count). The van der Waals surface area contributed by atoms with Gasteiger partial charge in [0.25, 0.3) is 5.91 Å². The van der Waals surface area contributed by atoms with E-state index in [1.807, 2.05) is 12.3 Å². The highest BCUT2D eigenvalue weighted by molar-refractivity contribution is 7.13. The molecule has 0 unspecified atom stereocenters. The number of aliphatic hydroxyl groups is 1. The van der Waals surface area contributed by atoms with E-state index in [2.05, 4.69) is 27.1 Å². The van der Waals surface area contributed by atoms with E-state index >= 15 is 0 Å². The van der Waals surface area contributed by atoms with Crippen molar-refractivity contribution in [3.8, 4) is 11.8 Å². The number of hydrogen-bond donors (Lipinski definition) is 2. The van der Waals surface area contributed by atoms with Gasteiger partial charge in [0.1, 0.15) is 5.69 Å². The molecule has 2 N–H and O–H groups in total. The molecule has 5 nitrogen and oxygen atoms in total. The zero-order chi connectivity index (χ0) is 14.4. The van der Waals surface area contributed by atoms with Crippen molar-refractivity contribution in [2.75, 3.05) is 11.9 Å². The Morgan fingerprint density at radius 1 is 1.50 bits per heavy atom. The lowest BCUT2D eigenvalue weighted by Gasteiger charge is -2.00. The summed E-state index contributed by atoms with van der Waals surface area (Å²) in [7, 11) is 0. The zero-order valence-corrected chi connectivity index (χ0v) is 11.7. The summed E-state index contributed by atoms with van der Waals surface area (Å²) >= 11 is 1.37. The number of pyridine rings is 1. The molecule has 1 amide bonds. The van der Waals surface area contributed by atoms with Crippen LogP contribution in [0.25, 0.3) is 0 Å². The topological polar surface area (TPSA) is 75.1 Å². The minimum atomic E-state index is -0.297. The third kappa shape index (κ3) is 3.88. The van der Waals surface area contributed by atoms with Gasteiger partial charge in [0, 0.05) is 23.6 Å². The molecule has 0 saturated carbocycles. The first kappa shape index (κ1) is 14.2. The fourth-order valence-corrected chi connectivity index (χ4v) is 2.08. The van der Waals surface area contributed by atoms with Crippen LogP contribution in [-0.2, 0) is 0 Å². The highest BCUT2D eigenvalue weighted by Gasteiger charge is 2.09. The summed E-state index contributed by atoms with van der Waals surface area (Å²) in [5, 5.41) is 13.7. The van der Waals surface area contributed by atoms with E-state index in [1.54, 1.807) is 12.1 Å². The molecule has 0 aliphatic heterocycles. The Kier molecular flexibility index (Phi) is 4.82. The van der Waals surface area contributed by atoms with Crippen LogP contribution in [-0.4, -0.2) is 27.6 Å². The van der Waals surface area contributed by atoms with Crippen LogP contribution in [0.15, 0.2) is 23.7 Å². The van der Waals surface area contributed by atoms with Gasteiger partial charge < -0.3 is 5.11 Å². The number of amides is 1.